The minimum Gasteiger partial charge on any atom is -0.497 e. The molecule has 1 saturated carbocycles. The Morgan fingerprint density at radius 2 is 1.67 bits per heavy atom. The maximum absolute atomic E-state index is 13.7. The van der Waals surface area contributed by atoms with Crippen molar-refractivity contribution in [3.8, 4) is 5.75 Å². The fourth-order valence-corrected chi connectivity index (χ4v) is 8.99. The number of rotatable bonds is 6. The Bertz CT molecular complexity index is 1550. The van der Waals surface area contributed by atoms with E-state index in [1.807, 2.05) is 30.6 Å². The van der Waals surface area contributed by atoms with Gasteiger partial charge in [0, 0.05) is 36.6 Å². The molecule has 1 spiro atoms. The molecule has 1 aromatic heterocycles. The molecule has 8 nitrogen and oxygen atoms in total. The molecule has 1 atom stereocenters. The van der Waals surface area contributed by atoms with Crippen LogP contribution in [0.5, 0.6) is 5.75 Å². The molecule has 2 N–H and O–H groups in total. The molecule has 3 heterocycles. The predicted octanol–water partition coefficient (Wildman–Crippen LogP) is 4.99. The second-order valence-electron chi connectivity index (χ2n) is 12.2. The van der Waals surface area contributed by atoms with Gasteiger partial charge in [0.2, 0.25) is 10.0 Å². The van der Waals surface area contributed by atoms with Crippen LogP contribution in [-0.4, -0.2) is 48.7 Å². The topological polar surface area (TPSA) is 101 Å². The van der Waals surface area contributed by atoms with Gasteiger partial charge in [0.05, 0.1) is 18.0 Å². The van der Waals surface area contributed by atoms with Crippen molar-refractivity contribution < 1.29 is 17.9 Å². The molecule has 3 aliphatic rings. The van der Waals surface area contributed by atoms with Crippen LogP contribution in [0.25, 0.3) is 0 Å². The highest BCUT2D eigenvalue weighted by Crippen LogP contribution is 2.41. The van der Waals surface area contributed by atoms with Crippen molar-refractivity contribution in [2.45, 2.75) is 87.7 Å². The quantitative estimate of drug-likeness (QED) is 0.392. The fourth-order valence-electron chi connectivity index (χ4n) is 7.16. The summed E-state index contributed by atoms with van der Waals surface area (Å²) in [6.07, 6.45) is 10.5. The van der Waals surface area contributed by atoms with Gasteiger partial charge in [0.1, 0.15) is 5.75 Å². The maximum atomic E-state index is 13.7. The molecule has 3 aromatic rings. The zero-order valence-corrected chi connectivity index (χ0v) is 25.5. The molecule has 222 valence electrons. The highest BCUT2D eigenvalue weighted by Gasteiger charge is 2.40. The molecule has 6 rings (SSSR count). The molecule has 0 radical (unpaired) electrons. The average Bonchev–Trinajstić information content (AvgIpc) is 3.01. The molecule has 1 unspecified atom stereocenters. The number of ether oxygens (including phenoxy) is 1. The second-order valence-corrected chi connectivity index (χ2v) is 14.1. The van der Waals surface area contributed by atoms with Crippen molar-refractivity contribution in [2.24, 2.45) is 0 Å². The van der Waals surface area contributed by atoms with E-state index in [4.69, 9.17) is 4.74 Å². The Labute approximate surface area is 248 Å². The van der Waals surface area contributed by atoms with Gasteiger partial charge in [0.15, 0.2) is 5.78 Å². The van der Waals surface area contributed by atoms with Crippen LogP contribution in [0.4, 0.5) is 0 Å². The first-order chi connectivity index (χ1) is 20.2. The number of carbonyl (C=O) groups excluding carboxylic acids is 1. The first-order valence-electron chi connectivity index (χ1n) is 14.9. The van der Waals surface area contributed by atoms with Gasteiger partial charge >= 0.3 is 0 Å². The summed E-state index contributed by atoms with van der Waals surface area (Å²) >= 11 is 0. The molecule has 9 heteroatoms. The highest BCUT2D eigenvalue weighted by molar-refractivity contribution is 7.89. The van der Waals surface area contributed by atoms with Gasteiger partial charge in [-0.05, 0) is 123 Å². The van der Waals surface area contributed by atoms with E-state index in [0.717, 1.165) is 49.7 Å². The van der Waals surface area contributed by atoms with Crippen LogP contribution in [-0.2, 0) is 23.0 Å². The summed E-state index contributed by atoms with van der Waals surface area (Å²) in [6, 6.07) is 13.3. The maximum Gasteiger partial charge on any atom is 0.243 e. The molecule has 1 aliphatic carbocycles. The van der Waals surface area contributed by atoms with E-state index in [-0.39, 0.29) is 23.9 Å². The van der Waals surface area contributed by atoms with Crippen LogP contribution < -0.4 is 15.6 Å². The molecule has 0 bridgehead atoms. The van der Waals surface area contributed by atoms with Crippen LogP contribution in [0.1, 0.15) is 82.6 Å². The summed E-state index contributed by atoms with van der Waals surface area (Å²) < 4.78 is 34.4. The normalized spacial score (nSPS) is 24.7. The Kier molecular flexibility index (Phi) is 7.95. The fraction of sp³-hybridized carbons (Fsp3) is 0.455. The molecule has 42 heavy (non-hydrogen) atoms. The average molecular weight is 589 g/mol. The van der Waals surface area contributed by atoms with Crippen LogP contribution in [0.2, 0.25) is 0 Å². The van der Waals surface area contributed by atoms with Crippen molar-refractivity contribution in [1.29, 1.82) is 0 Å². The number of aromatic nitrogens is 1. The van der Waals surface area contributed by atoms with Crippen molar-refractivity contribution >= 4 is 15.8 Å². The Morgan fingerprint density at radius 3 is 2.31 bits per heavy atom. The monoisotopic (exact) mass is 588 g/mol. The largest absolute Gasteiger partial charge is 0.497 e. The third-order valence-corrected chi connectivity index (χ3v) is 11.7. The lowest BCUT2D eigenvalue weighted by Gasteiger charge is -2.45. The minimum atomic E-state index is -3.71. The lowest BCUT2D eigenvalue weighted by molar-refractivity contribution is 0.0792. The number of hydrazine groups is 1. The number of nitrogens with one attached hydrogen (secondary N) is 2. The summed E-state index contributed by atoms with van der Waals surface area (Å²) in [5.41, 5.74) is 12.3. The first-order valence-corrected chi connectivity index (χ1v) is 16.4. The summed E-state index contributed by atoms with van der Waals surface area (Å²) in [5, 5.41) is 0. The molecule has 0 amide bonds. The second kappa shape index (κ2) is 11.5. The number of nitrogens with zero attached hydrogens (tertiary/aromatic N) is 2. The van der Waals surface area contributed by atoms with E-state index in [1.165, 1.54) is 9.87 Å². The zero-order chi connectivity index (χ0) is 29.5. The number of methoxy groups -OCH3 is 1. The van der Waals surface area contributed by atoms with E-state index in [1.54, 1.807) is 33.1 Å². The number of pyridine rings is 1. The number of sulfonamides is 1. The van der Waals surface area contributed by atoms with E-state index in [9.17, 15) is 13.2 Å². The van der Waals surface area contributed by atoms with Crippen LogP contribution in [0, 0.1) is 13.8 Å². The van der Waals surface area contributed by atoms with Gasteiger partial charge in [-0.15, -0.1) is 0 Å². The number of Topliss-reactive ketones (excluding diaryl/α,β-unsaturated/α-hetero) is 1. The summed E-state index contributed by atoms with van der Waals surface area (Å²) in [6.45, 7) is 4.27. The van der Waals surface area contributed by atoms with E-state index in [2.05, 4.69) is 28.0 Å². The molecule has 2 aromatic carbocycles. The third-order valence-electron chi connectivity index (χ3n) is 9.60. The summed E-state index contributed by atoms with van der Waals surface area (Å²) in [7, 11) is -2.14. The molecular formula is C33H40N4O4S. The number of fused-ring (bicyclic) bond motifs is 1. The Balaban J connectivity index is 1.11. The lowest BCUT2D eigenvalue weighted by Crippen LogP contribution is -2.62. The number of benzene rings is 2. The van der Waals surface area contributed by atoms with Gasteiger partial charge in [0.25, 0.3) is 0 Å². The predicted molar refractivity (Wildman–Crippen MR) is 162 cm³/mol. The smallest absolute Gasteiger partial charge is 0.243 e. The van der Waals surface area contributed by atoms with Gasteiger partial charge in [-0.2, -0.15) is 4.31 Å². The third kappa shape index (κ3) is 5.51. The molecular weight excluding hydrogens is 548 g/mol. The van der Waals surface area contributed by atoms with E-state index >= 15 is 0 Å². The van der Waals surface area contributed by atoms with E-state index in [0.29, 0.717) is 46.2 Å². The molecule has 1 saturated heterocycles. The lowest BCUT2D eigenvalue weighted by atomic mass is 9.71. The van der Waals surface area contributed by atoms with Crippen molar-refractivity contribution in [1.82, 2.24) is 20.1 Å². The van der Waals surface area contributed by atoms with Crippen LogP contribution in [0.15, 0.2) is 59.8 Å². The summed E-state index contributed by atoms with van der Waals surface area (Å²) in [5.74, 6) is 1.26. The Morgan fingerprint density at radius 1 is 0.976 bits per heavy atom. The summed E-state index contributed by atoms with van der Waals surface area (Å²) in [4.78, 5) is 18.1. The first kappa shape index (κ1) is 29.0. The van der Waals surface area contributed by atoms with Gasteiger partial charge in [-0.3, -0.25) is 15.2 Å². The van der Waals surface area contributed by atoms with Crippen LogP contribution >= 0.6 is 0 Å². The van der Waals surface area contributed by atoms with E-state index < -0.39 is 10.0 Å². The Hall–Kier alpha value is -3.11. The van der Waals surface area contributed by atoms with Crippen LogP contribution in [0.3, 0.4) is 0 Å². The van der Waals surface area contributed by atoms with Crippen molar-refractivity contribution in [3.63, 3.8) is 0 Å². The van der Waals surface area contributed by atoms with Crippen molar-refractivity contribution in [2.75, 3.05) is 13.7 Å². The van der Waals surface area contributed by atoms with Gasteiger partial charge < -0.3 is 4.74 Å². The zero-order valence-electron chi connectivity index (χ0n) is 24.7. The number of ketones is 1. The number of carbonyl (C=O) groups is 1. The SMILES string of the molecule is COc1cc(C)c(S(=O)(=O)N2CCc3ccc(C(=O)C4CCC5(CCC(c6ccncc6)CC5)NN4)cc3C2)c(C)c1. The minimum absolute atomic E-state index is 0.0305. The molecule has 2 fully saturated rings. The number of hydrogen-bond donors (Lipinski definition) is 2. The molecule has 2 aliphatic heterocycles. The standard InChI is InChI=1S/C33H40N4O4S/c1-22-18-29(41-3)19-23(2)32(22)42(39,40)37-17-11-24-4-5-27(20-28(24)21-37)31(38)30-8-14-33(36-35-30)12-6-25(7-13-33)26-9-15-34-16-10-26/h4-5,9-10,15-16,18-20,25,30,35-36H,6-8,11-14,17,21H2,1-3H3. The number of aryl methyl sites for hydroxylation is 2. The van der Waals surface area contributed by atoms with Crippen molar-refractivity contribution in [3.05, 3.63) is 88.2 Å². The van der Waals surface area contributed by atoms with Gasteiger partial charge in [-0.25, -0.2) is 13.8 Å². The highest BCUT2D eigenvalue weighted by atomic mass is 32.2. The number of hydrogen-bond acceptors (Lipinski definition) is 7. The van der Waals surface area contributed by atoms with Gasteiger partial charge in [-0.1, -0.05) is 12.1 Å².